The van der Waals surface area contributed by atoms with E-state index >= 15 is 0 Å². The molecule has 0 bridgehead atoms. The molecule has 23 heavy (non-hydrogen) atoms. The molecule has 3 nitrogen and oxygen atoms in total. The van der Waals surface area contributed by atoms with Gasteiger partial charge in [-0.2, -0.15) is 0 Å². The smallest absolute Gasteiger partial charge is 0.169 e. The lowest BCUT2D eigenvalue weighted by molar-refractivity contribution is 0.280. The molecule has 1 N–H and O–H groups in total. The van der Waals surface area contributed by atoms with Crippen molar-refractivity contribution in [3.63, 3.8) is 0 Å². The Kier molecular flexibility index (Phi) is 4.92. The maximum absolute atomic E-state index is 9.21. The fourth-order valence-corrected chi connectivity index (χ4v) is 2.22. The Hall–Kier alpha value is -2.78. The van der Waals surface area contributed by atoms with Crippen LogP contribution in [0.15, 0.2) is 78.9 Å². The van der Waals surface area contributed by atoms with E-state index in [1.54, 1.807) is 0 Å². The molecule has 0 aromatic heterocycles. The van der Waals surface area contributed by atoms with Crippen molar-refractivity contribution in [1.82, 2.24) is 0 Å². The summed E-state index contributed by atoms with van der Waals surface area (Å²) in [5, 5.41) is 9.21. The average molecular weight is 306 g/mol. The summed E-state index contributed by atoms with van der Waals surface area (Å²) >= 11 is 0. The van der Waals surface area contributed by atoms with Crippen LogP contribution in [0.3, 0.4) is 0 Å². The highest BCUT2D eigenvalue weighted by Gasteiger charge is 2.06. The van der Waals surface area contributed by atoms with Crippen LogP contribution >= 0.6 is 0 Å². The number of aliphatic hydroxyl groups excluding tert-OH is 1. The minimum absolute atomic E-state index is 0.0106. The van der Waals surface area contributed by atoms with Gasteiger partial charge in [-0.1, -0.05) is 54.6 Å². The van der Waals surface area contributed by atoms with Crippen molar-refractivity contribution in [2.45, 2.75) is 13.2 Å². The molecule has 0 spiro atoms. The van der Waals surface area contributed by atoms with Gasteiger partial charge in [0, 0.05) is 0 Å². The van der Waals surface area contributed by atoms with Gasteiger partial charge in [-0.25, -0.2) is 0 Å². The predicted molar refractivity (Wildman–Crippen MR) is 89.7 cm³/mol. The molecular weight excluding hydrogens is 288 g/mol. The molecule has 3 aromatic rings. The first-order chi connectivity index (χ1) is 11.3. The molecule has 0 heterocycles. The van der Waals surface area contributed by atoms with Gasteiger partial charge in [-0.3, -0.25) is 0 Å². The lowest BCUT2D eigenvalue weighted by atomic mass is 10.2. The Morgan fingerprint density at radius 3 is 2.17 bits per heavy atom. The van der Waals surface area contributed by atoms with Gasteiger partial charge in [0.15, 0.2) is 11.5 Å². The third kappa shape index (κ3) is 4.11. The zero-order valence-electron chi connectivity index (χ0n) is 12.7. The van der Waals surface area contributed by atoms with Crippen molar-refractivity contribution in [3.05, 3.63) is 90.0 Å². The Bertz CT molecular complexity index is 754. The van der Waals surface area contributed by atoms with Gasteiger partial charge in [-0.15, -0.1) is 0 Å². The van der Waals surface area contributed by atoms with Gasteiger partial charge in [0.25, 0.3) is 0 Å². The first-order valence-electron chi connectivity index (χ1n) is 7.48. The van der Waals surface area contributed by atoms with Gasteiger partial charge in [0.2, 0.25) is 0 Å². The fraction of sp³-hybridized carbons (Fsp3) is 0.100. The zero-order chi connectivity index (χ0) is 15.9. The summed E-state index contributed by atoms with van der Waals surface area (Å²) < 4.78 is 11.8. The van der Waals surface area contributed by atoms with Crippen LogP contribution in [0.2, 0.25) is 0 Å². The van der Waals surface area contributed by atoms with E-state index < -0.39 is 0 Å². The lowest BCUT2D eigenvalue weighted by Crippen LogP contribution is -1.97. The molecule has 116 valence electrons. The van der Waals surface area contributed by atoms with E-state index in [9.17, 15) is 5.11 Å². The van der Waals surface area contributed by atoms with Gasteiger partial charge < -0.3 is 14.6 Å². The van der Waals surface area contributed by atoms with Gasteiger partial charge in [0.1, 0.15) is 12.4 Å². The van der Waals surface area contributed by atoms with Crippen LogP contribution in [0, 0.1) is 0 Å². The van der Waals surface area contributed by atoms with Crippen LogP contribution < -0.4 is 9.47 Å². The minimum atomic E-state index is -0.0106. The van der Waals surface area contributed by atoms with Crippen molar-refractivity contribution in [2.24, 2.45) is 0 Å². The maximum Gasteiger partial charge on any atom is 0.169 e. The Morgan fingerprint density at radius 1 is 0.696 bits per heavy atom. The second-order valence-electron chi connectivity index (χ2n) is 5.13. The van der Waals surface area contributed by atoms with E-state index in [-0.39, 0.29) is 6.61 Å². The van der Waals surface area contributed by atoms with Crippen molar-refractivity contribution in [2.75, 3.05) is 0 Å². The van der Waals surface area contributed by atoms with Crippen LogP contribution in [-0.4, -0.2) is 5.11 Å². The number of aliphatic hydroxyl groups is 1. The standard InChI is InChI=1S/C20H18O3/c21-14-17-9-6-10-18(13-17)23-20-12-5-4-11-19(20)22-15-16-7-2-1-3-8-16/h1-13,21H,14-15H2. The summed E-state index contributed by atoms with van der Waals surface area (Å²) in [4.78, 5) is 0. The molecule has 0 fully saturated rings. The Morgan fingerprint density at radius 2 is 1.39 bits per heavy atom. The molecule has 0 amide bonds. The maximum atomic E-state index is 9.21. The third-order valence-corrected chi connectivity index (χ3v) is 3.40. The second kappa shape index (κ2) is 7.47. The topological polar surface area (TPSA) is 38.7 Å². The van der Waals surface area contributed by atoms with Gasteiger partial charge >= 0.3 is 0 Å². The molecular formula is C20H18O3. The molecule has 0 aliphatic heterocycles. The third-order valence-electron chi connectivity index (χ3n) is 3.40. The van der Waals surface area contributed by atoms with E-state index in [1.165, 1.54) is 0 Å². The molecule has 0 aliphatic carbocycles. The largest absolute Gasteiger partial charge is 0.485 e. The van der Waals surface area contributed by atoms with Crippen molar-refractivity contribution < 1.29 is 14.6 Å². The molecule has 0 saturated heterocycles. The van der Waals surface area contributed by atoms with Crippen molar-refractivity contribution in [3.8, 4) is 17.2 Å². The molecule has 0 aliphatic rings. The predicted octanol–water partition coefficient (Wildman–Crippen LogP) is 4.55. The summed E-state index contributed by atoms with van der Waals surface area (Å²) in [7, 11) is 0. The normalized spacial score (nSPS) is 10.3. The summed E-state index contributed by atoms with van der Waals surface area (Å²) in [5.74, 6) is 2.01. The Labute approximate surface area is 135 Å². The molecule has 0 saturated carbocycles. The van der Waals surface area contributed by atoms with E-state index in [1.807, 2.05) is 78.9 Å². The average Bonchev–Trinajstić information content (AvgIpc) is 2.62. The second-order valence-corrected chi connectivity index (χ2v) is 5.13. The number of benzene rings is 3. The lowest BCUT2D eigenvalue weighted by Gasteiger charge is -2.13. The van der Waals surface area contributed by atoms with Crippen molar-refractivity contribution in [1.29, 1.82) is 0 Å². The van der Waals surface area contributed by atoms with Crippen LogP contribution in [0.5, 0.6) is 17.2 Å². The highest BCUT2D eigenvalue weighted by atomic mass is 16.5. The SMILES string of the molecule is OCc1cccc(Oc2ccccc2OCc2ccccc2)c1. The van der Waals surface area contributed by atoms with E-state index in [2.05, 4.69) is 0 Å². The number of rotatable bonds is 6. The quantitative estimate of drug-likeness (QED) is 0.726. The van der Waals surface area contributed by atoms with E-state index in [0.29, 0.717) is 23.9 Å². The van der Waals surface area contributed by atoms with Crippen molar-refractivity contribution >= 4 is 0 Å². The number of para-hydroxylation sites is 2. The summed E-state index contributed by atoms with van der Waals surface area (Å²) in [5.41, 5.74) is 1.91. The summed E-state index contributed by atoms with van der Waals surface area (Å²) in [6.45, 7) is 0.473. The number of hydrogen-bond acceptors (Lipinski definition) is 3. The zero-order valence-corrected chi connectivity index (χ0v) is 12.7. The first-order valence-corrected chi connectivity index (χ1v) is 7.48. The van der Waals surface area contributed by atoms with Gasteiger partial charge in [0.05, 0.1) is 6.61 Å². The van der Waals surface area contributed by atoms with E-state index in [4.69, 9.17) is 9.47 Å². The van der Waals surface area contributed by atoms with Crippen LogP contribution in [0.4, 0.5) is 0 Å². The number of ether oxygens (including phenoxy) is 2. The molecule has 3 heteroatoms. The first kappa shape index (κ1) is 15.1. The van der Waals surface area contributed by atoms with Crippen LogP contribution in [0.25, 0.3) is 0 Å². The Balaban J connectivity index is 1.75. The number of hydrogen-bond donors (Lipinski definition) is 1. The molecule has 0 atom stereocenters. The monoisotopic (exact) mass is 306 g/mol. The molecule has 3 rings (SSSR count). The fourth-order valence-electron chi connectivity index (χ4n) is 2.22. The highest BCUT2D eigenvalue weighted by Crippen LogP contribution is 2.32. The van der Waals surface area contributed by atoms with E-state index in [0.717, 1.165) is 11.1 Å². The summed E-state index contributed by atoms with van der Waals surface area (Å²) in [6.07, 6.45) is 0. The summed E-state index contributed by atoms with van der Waals surface area (Å²) in [6, 6.07) is 24.9. The minimum Gasteiger partial charge on any atom is -0.485 e. The molecule has 3 aromatic carbocycles. The highest BCUT2D eigenvalue weighted by molar-refractivity contribution is 5.43. The van der Waals surface area contributed by atoms with Gasteiger partial charge in [-0.05, 0) is 35.4 Å². The van der Waals surface area contributed by atoms with Crippen LogP contribution in [0.1, 0.15) is 11.1 Å². The molecule has 0 unspecified atom stereocenters. The molecule has 0 radical (unpaired) electrons. The van der Waals surface area contributed by atoms with Crippen LogP contribution in [-0.2, 0) is 13.2 Å².